The van der Waals surface area contributed by atoms with E-state index >= 15 is 0 Å². The smallest absolute Gasteiger partial charge is 0.122 e. The van der Waals surface area contributed by atoms with Crippen molar-refractivity contribution in [3.05, 3.63) is 29.8 Å². The molecule has 114 valence electrons. The van der Waals surface area contributed by atoms with Crippen molar-refractivity contribution in [3.8, 4) is 5.75 Å². The lowest BCUT2D eigenvalue weighted by molar-refractivity contribution is 0.106. The van der Waals surface area contributed by atoms with E-state index in [4.69, 9.17) is 4.74 Å². The van der Waals surface area contributed by atoms with Crippen LogP contribution in [-0.4, -0.2) is 30.9 Å². The van der Waals surface area contributed by atoms with Crippen LogP contribution in [0.25, 0.3) is 0 Å². The van der Waals surface area contributed by atoms with Gasteiger partial charge in [0.25, 0.3) is 0 Å². The van der Waals surface area contributed by atoms with Crippen LogP contribution in [0, 0.1) is 12.8 Å². The number of aliphatic hydroxyl groups excluding tert-OH is 1. The van der Waals surface area contributed by atoms with Gasteiger partial charge in [0.15, 0.2) is 0 Å². The van der Waals surface area contributed by atoms with Gasteiger partial charge in [0, 0.05) is 6.54 Å². The molecule has 2 N–H and O–H groups in total. The minimum Gasteiger partial charge on any atom is -0.491 e. The number of aryl methyl sites for hydroxylation is 1. The summed E-state index contributed by atoms with van der Waals surface area (Å²) in [5.41, 5.74) is 1.10. The molecule has 0 spiro atoms. The molecule has 20 heavy (non-hydrogen) atoms. The molecule has 3 nitrogen and oxygen atoms in total. The van der Waals surface area contributed by atoms with Gasteiger partial charge in [-0.3, -0.25) is 0 Å². The fraction of sp³-hybridized carbons (Fsp3) is 0.647. The summed E-state index contributed by atoms with van der Waals surface area (Å²) in [5, 5.41) is 13.1. The van der Waals surface area contributed by atoms with Gasteiger partial charge in [-0.15, -0.1) is 0 Å². The first-order valence-electron chi connectivity index (χ1n) is 7.66. The van der Waals surface area contributed by atoms with E-state index < -0.39 is 6.10 Å². The summed E-state index contributed by atoms with van der Waals surface area (Å²) < 4.78 is 5.62. The third-order valence-corrected chi connectivity index (χ3v) is 3.29. The number of nitrogens with one attached hydrogen (secondary N) is 1. The molecule has 0 aliphatic rings. The van der Waals surface area contributed by atoms with Crippen LogP contribution < -0.4 is 10.1 Å². The van der Waals surface area contributed by atoms with E-state index in [2.05, 4.69) is 19.2 Å². The zero-order valence-electron chi connectivity index (χ0n) is 13.1. The average Bonchev–Trinajstić information content (AvgIpc) is 2.41. The highest BCUT2D eigenvalue weighted by Crippen LogP contribution is 2.16. The topological polar surface area (TPSA) is 41.5 Å². The Balaban J connectivity index is 2.06. The molecule has 1 atom stereocenters. The minimum atomic E-state index is -0.459. The maximum absolute atomic E-state index is 9.86. The summed E-state index contributed by atoms with van der Waals surface area (Å²) in [4.78, 5) is 0. The first-order valence-corrected chi connectivity index (χ1v) is 7.66. The monoisotopic (exact) mass is 279 g/mol. The number of benzene rings is 1. The first kappa shape index (κ1) is 17.0. The zero-order chi connectivity index (χ0) is 14.8. The third-order valence-electron chi connectivity index (χ3n) is 3.29. The summed E-state index contributed by atoms with van der Waals surface area (Å²) in [6.07, 6.45) is 3.24. The van der Waals surface area contributed by atoms with E-state index in [0.29, 0.717) is 13.2 Å². The lowest BCUT2D eigenvalue weighted by Crippen LogP contribution is -2.32. The lowest BCUT2D eigenvalue weighted by Gasteiger charge is -2.14. The van der Waals surface area contributed by atoms with Crippen LogP contribution in [0.2, 0.25) is 0 Å². The van der Waals surface area contributed by atoms with Crippen molar-refractivity contribution in [3.63, 3.8) is 0 Å². The second-order valence-electron chi connectivity index (χ2n) is 5.82. The van der Waals surface area contributed by atoms with Crippen molar-refractivity contribution >= 4 is 0 Å². The van der Waals surface area contributed by atoms with Crippen molar-refractivity contribution < 1.29 is 9.84 Å². The Kier molecular flexibility index (Phi) is 8.31. The Morgan fingerprint density at radius 1 is 1.20 bits per heavy atom. The van der Waals surface area contributed by atoms with Gasteiger partial charge in [-0.1, -0.05) is 44.9 Å². The number of ether oxygens (including phenoxy) is 1. The number of hydrogen-bond acceptors (Lipinski definition) is 3. The predicted octanol–water partition coefficient (Wildman–Crippen LogP) is 3.15. The highest BCUT2D eigenvalue weighted by atomic mass is 16.5. The van der Waals surface area contributed by atoms with Gasteiger partial charge in [-0.2, -0.15) is 0 Å². The maximum atomic E-state index is 9.86. The Bertz CT molecular complexity index is 366. The number of unbranched alkanes of at least 4 members (excludes halogenated alkanes) is 1. The van der Waals surface area contributed by atoms with Crippen molar-refractivity contribution in [2.75, 3.05) is 19.7 Å². The van der Waals surface area contributed by atoms with Crippen LogP contribution in [0.3, 0.4) is 0 Å². The van der Waals surface area contributed by atoms with Gasteiger partial charge < -0.3 is 15.2 Å². The molecule has 1 rings (SSSR count). The number of aliphatic hydroxyl groups is 1. The lowest BCUT2D eigenvalue weighted by atomic mass is 10.1. The van der Waals surface area contributed by atoms with Crippen molar-refractivity contribution in [2.45, 2.75) is 46.1 Å². The molecule has 0 aliphatic carbocycles. The Labute approximate surface area is 123 Å². The van der Waals surface area contributed by atoms with Gasteiger partial charge in [0.05, 0.1) is 0 Å². The van der Waals surface area contributed by atoms with E-state index in [-0.39, 0.29) is 0 Å². The van der Waals surface area contributed by atoms with Crippen LogP contribution in [0.5, 0.6) is 5.75 Å². The molecular formula is C17H29NO2. The highest BCUT2D eigenvalue weighted by molar-refractivity contribution is 5.31. The minimum absolute atomic E-state index is 0.337. The van der Waals surface area contributed by atoms with Crippen molar-refractivity contribution in [1.82, 2.24) is 5.32 Å². The molecule has 1 unspecified atom stereocenters. The molecule has 0 saturated carbocycles. The molecule has 0 aromatic heterocycles. The summed E-state index contributed by atoms with van der Waals surface area (Å²) >= 11 is 0. The van der Waals surface area contributed by atoms with E-state index in [9.17, 15) is 5.11 Å². The van der Waals surface area contributed by atoms with Gasteiger partial charge in [-0.25, -0.2) is 0 Å². The van der Waals surface area contributed by atoms with Crippen LogP contribution in [-0.2, 0) is 0 Å². The highest BCUT2D eigenvalue weighted by Gasteiger charge is 2.05. The second kappa shape index (κ2) is 9.78. The van der Waals surface area contributed by atoms with Gasteiger partial charge in [-0.05, 0) is 37.4 Å². The second-order valence-corrected chi connectivity index (χ2v) is 5.82. The quantitative estimate of drug-likeness (QED) is 0.646. The molecule has 0 aliphatic heterocycles. The Hall–Kier alpha value is -1.06. The first-order chi connectivity index (χ1) is 9.59. The van der Waals surface area contributed by atoms with Gasteiger partial charge in [0.1, 0.15) is 18.5 Å². The molecule has 0 heterocycles. The van der Waals surface area contributed by atoms with Gasteiger partial charge >= 0.3 is 0 Å². The number of rotatable bonds is 10. The Morgan fingerprint density at radius 2 is 1.95 bits per heavy atom. The standard InChI is InChI=1S/C17H29NO2/c1-14(2)8-6-7-11-18-12-16(19)13-20-17-10-5-4-9-15(17)3/h4-5,9-10,14,16,18-19H,6-8,11-13H2,1-3H3. The van der Waals surface area contributed by atoms with Crippen LogP contribution >= 0.6 is 0 Å². The van der Waals surface area contributed by atoms with E-state index in [0.717, 1.165) is 23.8 Å². The average molecular weight is 279 g/mol. The summed E-state index contributed by atoms with van der Waals surface area (Å²) in [6, 6.07) is 7.87. The third kappa shape index (κ3) is 7.51. The Morgan fingerprint density at radius 3 is 2.65 bits per heavy atom. The molecule has 0 fully saturated rings. The molecule has 3 heteroatoms. The molecule has 0 radical (unpaired) electrons. The van der Waals surface area contributed by atoms with Crippen LogP contribution in [0.1, 0.15) is 38.7 Å². The van der Waals surface area contributed by atoms with Crippen molar-refractivity contribution in [1.29, 1.82) is 0 Å². The summed E-state index contributed by atoms with van der Waals surface area (Å²) in [5.74, 6) is 1.63. The summed E-state index contributed by atoms with van der Waals surface area (Å²) in [6.45, 7) is 8.40. The SMILES string of the molecule is Cc1ccccc1OCC(O)CNCCCCC(C)C. The molecule has 0 bridgehead atoms. The zero-order valence-corrected chi connectivity index (χ0v) is 13.1. The molecule has 0 saturated heterocycles. The van der Waals surface area contributed by atoms with E-state index in [1.54, 1.807) is 0 Å². The molecule has 1 aromatic rings. The molecule has 1 aromatic carbocycles. The number of para-hydroxylation sites is 1. The summed E-state index contributed by atoms with van der Waals surface area (Å²) in [7, 11) is 0. The fourth-order valence-electron chi connectivity index (χ4n) is 2.03. The van der Waals surface area contributed by atoms with Gasteiger partial charge in [0.2, 0.25) is 0 Å². The van der Waals surface area contributed by atoms with Crippen LogP contribution in [0.15, 0.2) is 24.3 Å². The fourth-order valence-corrected chi connectivity index (χ4v) is 2.03. The van der Waals surface area contributed by atoms with E-state index in [1.807, 2.05) is 31.2 Å². The largest absolute Gasteiger partial charge is 0.491 e. The number of hydrogen-bond donors (Lipinski definition) is 2. The van der Waals surface area contributed by atoms with Crippen molar-refractivity contribution in [2.24, 2.45) is 5.92 Å². The maximum Gasteiger partial charge on any atom is 0.122 e. The molecule has 0 amide bonds. The normalized spacial score (nSPS) is 12.7. The van der Waals surface area contributed by atoms with E-state index in [1.165, 1.54) is 19.3 Å². The predicted molar refractivity (Wildman–Crippen MR) is 84.2 cm³/mol. The molecular weight excluding hydrogens is 250 g/mol. The van der Waals surface area contributed by atoms with Crippen LogP contribution in [0.4, 0.5) is 0 Å².